The molecule has 90 valence electrons. The molecule has 2 N–H and O–H groups in total. The molecule has 0 aliphatic carbocycles. The predicted molar refractivity (Wildman–Crippen MR) is 71.9 cm³/mol. The quantitative estimate of drug-likeness (QED) is 0.758. The normalized spacial score (nSPS) is 10.4. The van der Waals surface area contributed by atoms with Gasteiger partial charge in [-0.25, -0.2) is 0 Å². The standard InChI is InChI=1S/C11H17BrN2OS/c1-13-5-2-6-14-11(15)4-3-10-7-9(12)8-16-10/h7-8,13H,2-6H2,1H3,(H,14,15). The molecule has 0 atom stereocenters. The van der Waals surface area contributed by atoms with Gasteiger partial charge in [-0.2, -0.15) is 0 Å². The van der Waals surface area contributed by atoms with Crippen molar-refractivity contribution >= 4 is 33.2 Å². The number of nitrogens with one attached hydrogen (secondary N) is 2. The first-order chi connectivity index (χ1) is 7.72. The smallest absolute Gasteiger partial charge is 0.220 e. The van der Waals surface area contributed by atoms with Crippen LogP contribution in [-0.2, 0) is 11.2 Å². The summed E-state index contributed by atoms with van der Waals surface area (Å²) in [4.78, 5) is 12.7. The van der Waals surface area contributed by atoms with Crippen LogP contribution >= 0.6 is 27.3 Å². The van der Waals surface area contributed by atoms with Gasteiger partial charge in [0, 0.05) is 27.7 Å². The summed E-state index contributed by atoms with van der Waals surface area (Å²) in [5.74, 6) is 0.139. The average molecular weight is 305 g/mol. The summed E-state index contributed by atoms with van der Waals surface area (Å²) in [6.45, 7) is 1.70. The van der Waals surface area contributed by atoms with E-state index in [2.05, 4.69) is 32.6 Å². The van der Waals surface area contributed by atoms with Gasteiger partial charge in [0.05, 0.1) is 0 Å². The number of aryl methyl sites for hydroxylation is 1. The first kappa shape index (κ1) is 13.7. The Balaban J connectivity index is 2.10. The largest absolute Gasteiger partial charge is 0.356 e. The molecule has 0 saturated carbocycles. The average Bonchev–Trinajstić information content (AvgIpc) is 2.68. The molecular formula is C11H17BrN2OS. The van der Waals surface area contributed by atoms with Crippen molar-refractivity contribution < 1.29 is 4.79 Å². The van der Waals surface area contributed by atoms with Crippen molar-refractivity contribution in [2.24, 2.45) is 0 Å². The Morgan fingerprint density at radius 1 is 1.50 bits per heavy atom. The second-order valence-electron chi connectivity index (χ2n) is 3.54. The number of carbonyl (C=O) groups is 1. The maximum Gasteiger partial charge on any atom is 0.220 e. The third kappa shape index (κ3) is 5.63. The summed E-state index contributed by atoms with van der Waals surface area (Å²) in [5.41, 5.74) is 0. The SMILES string of the molecule is CNCCCNC(=O)CCc1cc(Br)cs1. The molecule has 5 heteroatoms. The fourth-order valence-electron chi connectivity index (χ4n) is 1.30. The molecule has 0 aliphatic heterocycles. The van der Waals surface area contributed by atoms with Crippen LogP contribution in [-0.4, -0.2) is 26.0 Å². The van der Waals surface area contributed by atoms with Crippen molar-refractivity contribution in [3.8, 4) is 0 Å². The van der Waals surface area contributed by atoms with E-state index in [1.165, 1.54) is 4.88 Å². The summed E-state index contributed by atoms with van der Waals surface area (Å²) < 4.78 is 1.10. The molecule has 0 unspecified atom stereocenters. The molecule has 1 aromatic rings. The Hall–Kier alpha value is -0.390. The zero-order valence-electron chi connectivity index (χ0n) is 9.38. The Morgan fingerprint density at radius 2 is 2.31 bits per heavy atom. The first-order valence-electron chi connectivity index (χ1n) is 5.36. The summed E-state index contributed by atoms with van der Waals surface area (Å²) in [6, 6.07) is 2.07. The Morgan fingerprint density at radius 3 is 2.94 bits per heavy atom. The lowest BCUT2D eigenvalue weighted by Crippen LogP contribution is -2.26. The van der Waals surface area contributed by atoms with Gasteiger partial charge in [-0.3, -0.25) is 4.79 Å². The highest BCUT2D eigenvalue weighted by atomic mass is 79.9. The highest BCUT2D eigenvalue weighted by molar-refractivity contribution is 9.10. The van der Waals surface area contributed by atoms with Gasteiger partial charge in [-0.05, 0) is 48.4 Å². The Labute approximate surface area is 109 Å². The van der Waals surface area contributed by atoms with Crippen LogP contribution < -0.4 is 10.6 Å². The molecule has 1 aromatic heterocycles. The lowest BCUT2D eigenvalue weighted by molar-refractivity contribution is -0.121. The first-order valence-corrected chi connectivity index (χ1v) is 7.04. The van der Waals surface area contributed by atoms with E-state index in [1.54, 1.807) is 11.3 Å². The predicted octanol–water partition coefficient (Wildman–Crippen LogP) is 2.17. The van der Waals surface area contributed by atoms with Crippen LogP contribution in [0.3, 0.4) is 0 Å². The van der Waals surface area contributed by atoms with E-state index >= 15 is 0 Å². The molecule has 16 heavy (non-hydrogen) atoms. The van der Waals surface area contributed by atoms with Crippen molar-refractivity contribution in [3.63, 3.8) is 0 Å². The molecule has 0 radical (unpaired) electrons. The van der Waals surface area contributed by atoms with E-state index in [-0.39, 0.29) is 5.91 Å². The van der Waals surface area contributed by atoms with Crippen molar-refractivity contribution in [2.75, 3.05) is 20.1 Å². The van der Waals surface area contributed by atoms with Gasteiger partial charge >= 0.3 is 0 Å². The zero-order valence-corrected chi connectivity index (χ0v) is 11.8. The monoisotopic (exact) mass is 304 g/mol. The summed E-state index contributed by atoms with van der Waals surface area (Å²) in [6.07, 6.45) is 2.38. The van der Waals surface area contributed by atoms with Gasteiger partial charge in [0.25, 0.3) is 0 Å². The zero-order chi connectivity index (χ0) is 11.8. The van der Waals surface area contributed by atoms with Crippen molar-refractivity contribution in [1.82, 2.24) is 10.6 Å². The van der Waals surface area contributed by atoms with E-state index in [0.717, 1.165) is 30.4 Å². The van der Waals surface area contributed by atoms with Gasteiger partial charge in [-0.1, -0.05) is 0 Å². The van der Waals surface area contributed by atoms with Gasteiger partial charge < -0.3 is 10.6 Å². The van der Waals surface area contributed by atoms with Crippen LogP contribution in [0.2, 0.25) is 0 Å². The van der Waals surface area contributed by atoms with E-state index < -0.39 is 0 Å². The van der Waals surface area contributed by atoms with Crippen LogP contribution in [0.15, 0.2) is 15.9 Å². The van der Waals surface area contributed by atoms with Crippen LogP contribution in [0.4, 0.5) is 0 Å². The van der Waals surface area contributed by atoms with E-state index in [1.807, 2.05) is 12.4 Å². The molecule has 1 heterocycles. The molecule has 0 aromatic carbocycles. The highest BCUT2D eigenvalue weighted by Crippen LogP contribution is 2.20. The minimum atomic E-state index is 0.139. The number of hydrogen-bond acceptors (Lipinski definition) is 3. The summed E-state index contributed by atoms with van der Waals surface area (Å²) in [7, 11) is 1.91. The molecule has 0 bridgehead atoms. The minimum absolute atomic E-state index is 0.139. The van der Waals surface area contributed by atoms with E-state index in [9.17, 15) is 4.79 Å². The van der Waals surface area contributed by atoms with Gasteiger partial charge in [0.2, 0.25) is 5.91 Å². The van der Waals surface area contributed by atoms with Gasteiger partial charge in [0.15, 0.2) is 0 Å². The van der Waals surface area contributed by atoms with E-state index in [0.29, 0.717) is 6.42 Å². The number of carbonyl (C=O) groups excluding carboxylic acids is 1. The van der Waals surface area contributed by atoms with Gasteiger partial charge in [-0.15, -0.1) is 11.3 Å². The topological polar surface area (TPSA) is 41.1 Å². The number of halogens is 1. The molecule has 1 rings (SSSR count). The maximum atomic E-state index is 11.4. The van der Waals surface area contributed by atoms with Crippen molar-refractivity contribution in [1.29, 1.82) is 0 Å². The summed E-state index contributed by atoms with van der Waals surface area (Å²) in [5, 5.41) is 8.00. The second-order valence-corrected chi connectivity index (χ2v) is 5.45. The van der Waals surface area contributed by atoms with Crippen LogP contribution in [0.25, 0.3) is 0 Å². The third-order valence-corrected chi connectivity index (χ3v) is 3.90. The van der Waals surface area contributed by atoms with Gasteiger partial charge in [0.1, 0.15) is 0 Å². The molecule has 0 spiro atoms. The molecule has 0 fully saturated rings. The fraction of sp³-hybridized carbons (Fsp3) is 0.545. The third-order valence-electron chi connectivity index (χ3n) is 2.15. The molecule has 3 nitrogen and oxygen atoms in total. The Bertz CT molecular complexity index is 328. The number of hydrogen-bond donors (Lipinski definition) is 2. The van der Waals surface area contributed by atoms with Crippen LogP contribution in [0.5, 0.6) is 0 Å². The number of rotatable bonds is 7. The summed E-state index contributed by atoms with van der Waals surface area (Å²) >= 11 is 5.09. The second kappa shape index (κ2) is 7.81. The van der Waals surface area contributed by atoms with Crippen molar-refractivity contribution in [2.45, 2.75) is 19.3 Å². The molecule has 0 aliphatic rings. The van der Waals surface area contributed by atoms with Crippen LogP contribution in [0, 0.1) is 0 Å². The Kier molecular flexibility index (Phi) is 6.68. The molecular weight excluding hydrogens is 288 g/mol. The number of amides is 1. The lowest BCUT2D eigenvalue weighted by atomic mass is 10.2. The van der Waals surface area contributed by atoms with E-state index in [4.69, 9.17) is 0 Å². The molecule has 1 amide bonds. The fourth-order valence-corrected chi connectivity index (χ4v) is 2.76. The minimum Gasteiger partial charge on any atom is -0.356 e. The highest BCUT2D eigenvalue weighted by Gasteiger charge is 2.03. The van der Waals surface area contributed by atoms with Crippen molar-refractivity contribution in [3.05, 3.63) is 20.8 Å². The lowest BCUT2D eigenvalue weighted by Gasteiger charge is -2.03. The molecule has 0 saturated heterocycles. The van der Waals surface area contributed by atoms with Crippen LogP contribution in [0.1, 0.15) is 17.7 Å². The number of thiophene rings is 1. The maximum absolute atomic E-state index is 11.4.